The molecule has 2 aromatic carbocycles. The van der Waals surface area contributed by atoms with Gasteiger partial charge in [-0.1, -0.05) is 18.2 Å². The Morgan fingerprint density at radius 2 is 1.95 bits per heavy atom. The molecule has 1 amide bonds. The van der Waals surface area contributed by atoms with Crippen molar-refractivity contribution in [1.82, 2.24) is 0 Å². The lowest BCUT2D eigenvalue weighted by Crippen LogP contribution is -2.30. The second kappa shape index (κ2) is 6.74. The van der Waals surface area contributed by atoms with Crippen LogP contribution in [-0.2, 0) is 4.79 Å². The number of ether oxygens (including phenoxy) is 2. The van der Waals surface area contributed by atoms with Gasteiger partial charge in [0.25, 0.3) is 5.91 Å². The summed E-state index contributed by atoms with van der Waals surface area (Å²) >= 11 is 0. The van der Waals surface area contributed by atoms with Crippen molar-refractivity contribution in [2.45, 2.75) is 13.0 Å². The molecule has 0 saturated carbocycles. The molecular weight excluding hydrogens is 273 g/mol. The average molecular weight is 289 g/mol. The monoisotopic (exact) mass is 289 g/mol. The van der Waals surface area contributed by atoms with E-state index in [0.717, 1.165) is 0 Å². The van der Waals surface area contributed by atoms with E-state index in [1.54, 1.807) is 37.3 Å². The number of benzene rings is 2. The minimum absolute atomic E-state index is 0.303. The molecule has 5 heteroatoms. The summed E-state index contributed by atoms with van der Waals surface area (Å²) < 4.78 is 23.6. The number of carbonyl (C=O) groups excluding carboxylic acids is 1. The van der Waals surface area contributed by atoms with Crippen molar-refractivity contribution in [1.29, 1.82) is 0 Å². The van der Waals surface area contributed by atoms with Gasteiger partial charge in [-0.25, -0.2) is 4.39 Å². The fraction of sp³-hybridized carbons (Fsp3) is 0.188. The number of rotatable bonds is 5. The lowest BCUT2D eigenvalue weighted by atomic mass is 10.2. The van der Waals surface area contributed by atoms with Crippen LogP contribution in [0.25, 0.3) is 0 Å². The zero-order chi connectivity index (χ0) is 15.2. The largest absolute Gasteiger partial charge is 0.495 e. The SMILES string of the molecule is COc1ccccc1NC(=O)[C@H](C)Oc1cccc(F)c1. The van der Waals surface area contributed by atoms with Crippen molar-refractivity contribution >= 4 is 11.6 Å². The van der Waals surface area contributed by atoms with Crippen molar-refractivity contribution in [3.8, 4) is 11.5 Å². The van der Waals surface area contributed by atoms with Crippen LogP contribution in [0.15, 0.2) is 48.5 Å². The zero-order valence-electron chi connectivity index (χ0n) is 11.8. The molecule has 1 atom stereocenters. The quantitative estimate of drug-likeness (QED) is 0.919. The second-order valence-electron chi connectivity index (χ2n) is 4.41. The summed E-state index contributed by atoms with van der Waals surface area (Å²) in [5, 5.41) is 2.71. The maximum atomic E-state index is 13.1. The van der Waals surface area contributed by atoms with E-state index in [1.807, 2.05) is 0 Å². The summed E-state index contributed by atoms with van der Waals surface area (Å²) in [6, 6.07) is 12.7. The Bertz CT molecular complexity index is 630. The first-order valence-electron chi connectivity index (χ1n) is 6.46. The second-order valence-corrected chi connectivity index (χ2v) is 4.41. The molecule has 2 aromatic rings. The number of carbonyl (C=O) groups is 1. The number of para-hydroxylation sites is 2. The first kappa shape index (κ1) is 14.8. The van der Waals surface area contributed by atoms with Gasteiger partial charge in [-0.05, 0) is 31.2 Å². The fourth-order valence-electron chi connectivity index (χ4n) is 1.78. The first-order valence-corrected chi connectivity index (χ1v) is 6.46. The van der Waals surface area contributed by atoms with E-state index in [2.05, 4.69) is 5.32 Å². The Kier molecular flexibility index (Phi) is 4.77. The van der Waals surface area contributed by atoms with Gasteiger partial charge in [0.15, 0.2) is 6.10 Å². The van der Waals surface area contributed by atoms with Crippen molar-refractivity contribution in [2.75, 3.05) is 12.4 Å². The van der Waals surface area contributed by atoms with Crippen molar-refractivity contribution in [2.24, 2.45) is 0 Å². The van der Waals surface area contributed by atoms with Gasteiger partial charge in [-0.3, -0.25) is 4.79 Å². The molecule has 0 heterocycles. The minimum atomic E-state index is -0.767. The first-order chi connectivity index (χ1) is 10.1. The molecular formula is C16H16FNO3. The molecule has 1 N–H and O–H groups in total. The Morgan fingerprint density at radius 1 is 1.19 bits per heavy atom. The smallest absolute Gasteiger partial charge is 0.265 e. The van der Waals surface area contributed by atoms with Gasteiger partial charge in [0.1, 0.15) is 17.3 Å². The lowest BCUT2D eigenvalue weighted by Gasteiger charge is -2.16. The van der Waals surface area contributed by atoms with Crippen LogP contribution in [0.4, 0.5) is 10.1 Å². The summed E-state index contributed by atoms with van der Waals surface area (Å²) in [4.78, 5) is 12.1. The maximum absolute atomic E-state index is 13.1. The molecule has 4 nitrogen and oxygen atoms in total. The van der Waals surface area contributed by atoms with Gasteiger partial charge < -0.3 is 14.8 Å². The molecule has 0 aromatic heterocycles. The van der Waals surface area contributed by atoms with Crippen LogP contribution in [0, 0.1) is 5.82 Å². The number of hydrogen-bond donors (Lipinski definition) is 1. The predicted octanol–water partition coefficient (Wildman–Crippen LogP) is 3.24. The summed E-state index contributed by atoms with van der Waals surface area (Å²) in [6.07, 6.45) is -0.767. The minimum Gasteiger partial charge on any atom is -0.495 e. The molecule has 0 radical (unpaired) electrons. The highest BCUT2D eigenvalue weighted by molar-refractivity contribution is 5.95. The molecule has 0 unspecified atom stereocenters. The summed E-state index contributed by atoms with van der Waals surface area (Å²) in [5.74, 6) is 0.107. The van der Waals surface area contributed by atoms with Crippen LogP contribution in [0.1, 0.15) is 6.92 Å². The number of anilines is 1. The number of nitrogens with one attached hydrogen (secondary N) is 1. The molecule has 2 rings (SSSR count). The molecule has 0 aliphatic heterocycles. The third-order valence-corrected chi connectivity index (χ3v) is 2.84. The molecule has 0 fully saturated rings. The molecule has 0 aliphatic rings. The van der Waals surface area contributed by atoms with Crippen LogP contribution in [0.5, 0.6) is 11.5 Å². The third kappa shape index (κ3) is 3.95. The van der Waals surface area contributed by atoms with Gasteiger partial charge in [-0.15, -0.1) is 0 Å². The van der Waals surface area contributed by atoms with E-state index in [-0.39, 0.29) is 5.91 Å². The van der Waals surface area contributed by atoms with Crippen molar-refractivity contribution in [3.05, 3.63) is 54.3 Å². The fourth-order valence-corrected chi connectivity index (χ4v) is 1.78. The van der Waals surface area contributed by atoms with Crippen LogP contribution in [-0.4, -0.2) is 19.1 Å². The van der Waals surface area contributed by atoms with Gasteiger partial charge in [0, 0.05) is 6.07 Å². The number of hydrogen-bond acceptors (Lipinski definition) is 3. The topological polar surface area (TPSA) is 47.6 Å². The Hall–Kier alpha value is -2.56. The zero-order valence-corrected chi connectivity index (χ0v) is 11.8. The maximum Gasteiger partial charge on any atom is 0.265 e. The van der Waals surface area contributed by atoms with E-state index in [0.29, 0.717) is 17.2 Å². The Morgan fingerprint density at radius 3 is 2.67 bits per heavy atom. The van der Waals surface area contributed by atoms with Crippen LogP contribution >= 0.6 is 0 Å². The van der Waals surface area contributed by atoms with Gasteiger partial charge >= 0.3 is 0 Å². The number of amides is 1. The third-order valence-electron chi connectivity index (χ3n) is 2.84. The highest BCUT2D eigenvalue weighted by Gasteiger charge is 2.16. The highest BCUT2D eigenvalue weighted by Crippen LogP contribution is 2.23. The highest BCUT2D eigenvalue weighted by atomic mass is 19.1. The van der Waals surface area contributed by atoms with Crippen LogP contribution < -0.4 is 14.8 Å². The Balaban J connectivity index is 2.02. The molecule has 110 valence electrons. The molecule has 0 spiro atoms. The van der Waals surface area contributed by atoms with E-state index in [9.17, 15) is 9.18 Å². The van der Waals surface area contributed by atoms with E-state index >= 15 is 0 Å². The van der Waals surface area contributed by atoms with Crippen molar-refractivity contribution < 1.29 is 18.7 Å². The Labute approximate surface area is 122 Å². The van der Waals surface area contributed by atoms with Gasteiger partial charge in [0.2, 0.25) is 0 Å². The van der Waals surface area contributed by atoms with E-state index < -0.39 is 11.9 Å². The summed E-state index contributed by atoms with van der Waals surface area (Å²) in [6.45, 7) is 1.59. The van der Waals surface area contributed by atoms with E-state index in [4.69, 9.17) is 9.47 Å². The van der Waals surface area contributed by atoms with E-state index in [1.165, 1.54) is 25.3 Å². The number of halogens is 1. The van der Waals surface area contributed by atoms with Crippen LogP contribution in [0.3, 0.4) is 0 Å². The molecule has 0 bridgehead atoms. The van der Waals surface area contributed by atoms with Gasteiger partial charge in [0.05, 0.1) is 12.8 Å². The summed E-state index contributed by atoms with van der Waals surface area (Å²) in [7, 11) is 1.53. The molecule has 0 saturated heterocycles. The summed E-state index contributed by atoms with van der Waals surface area (Å²) in [5.41, 5.74) is 0.555. The predicted molar refractivity (Wildman–Crippen MR) is 78.1 cm³/mol. The lowest BCUT2D eigenvalue weighted by molar-refractivity contribution is -0.122. The van der Waals surface area contributed by atoms with Gasteiger partial charge in [-0.2, -0.15) is 0 Å². The molecule has 21 heavy (non-hydrogen) atoms. The number of methoxy groups -OCH3 is 1. The average Bonchev–Trinajstić information content (AvgIpc) is 2.47. The van der Waals surface area contributed by atoms with Crippen molar-refractivity contribution in [3.63, 3.8) is 0 Å². The standard InChI is InChI=1S/C16H16FNO3/c1-11(21-13-7-5-6-12(17)10-13)16(19)18-14-8-3-4-9-15(14)20-2/h3-11H,1-2H3,(H,18,19)/t11-/m0/s1. The van der Waals surface area contributed by atoms with Crippen LogP contribution in [0.2, 0.25) is 0 Å². The molecule has 0 aliphatic carbocycles. The normalized spacial score (nSPS) is 11.6.